The molecule has 0 saturated heterocycles. The van der Waals surface area contributed by atoms with Crippen LogP contribution < -0.4 is 16.6 Å². The number of hydrogen-bond acceptors (Lipinski definition) is 5. The molecule has 0 bridgehead atoms. The van der Waals surface area contributed by atoms with Crippen LogP contribution in [-0.4, -0.2) is 44.8 Å². The van der Waals surface area contributed by atoms with Crippen molar-refractivity contribution in [2.24, 2.45) is 12.8 Å². The Morgan fingerprint density at radius 1 is 1.21 bits per heavy atom. The predicted octanol–water partition coefficient (Wildman–Crippen LogP) is 2.61. The van der Waals surface area contributed by atoms with Gasteiger partial charge in [-0.25, -0.2) is 9.37 Å². The van der Waals surface area contributed by atoms with E-state index < -0.39 is 17.8 Å². The van der Waals surface area contributed by atoms with Crippen LogP contribution in [0.25, 0.3) is 16.6 Å². The van der Waals surface area contributed by atoms with E-state index in [1.165, 1.54) is 27.9 Å². The number of primary amides is 1. The summed E-state index contributed by atoms with van der Waals surface area (Å²) in [6.45, 7) is 3.73. The van der Waals surface area contributed by atoms with E-state index in [1.807, 2.05) is 19.9 Å². The summed E-state index contributed by atoms with van der Waals surface area (Å²) in [5.74, 6) is -1.66. The molecule has 2 heterocycles. The van der Waals surface area contributed by atoms with Crippen LogP contribution in [0.1, 0.15) is 44.9 Å². The number of fused-ring (bicyclic) bond motifs is 3. The van der Waals surface area contributed by atoms with E-state index in [0.29, 0.717) is 22.2 Å². The molecule has 0 saturated carbocycles. The van der Waals surface area contributed by atoms with Crippen molar-refractivity contribution in [1.29, 1.82) is 0 Å². The Bertz CT molecular complexity index is 1540. The number of amides is 2. The van der Waals surface area contributed by atoms with Crippen molar-refractivity contribution in [2.75, 3.05) is 19.4 Å². The molecule has 10 heteroatoms. The molecule has 4 aromatic rings. The molecule has 0 aliphatic heterocycles. The molecule has 9 nitrogen and oxygen atoms in total. The first-order valence-electron chi connectivity index (χ1n) is 10.6. The number of aromatic nitrogens is 3. The first-order chi connectivity index (χ1) is 16.0. The molecule has 3 N–H and O–H groups in total. The van der Waals surface area contributed by atoms with E-state index in [0.717, 1.165) is 17.2 Å². The van der Waals surface area contributed by atoms with Gasteiger partial charge in [0, 0.05) is 26.8 Å². The largest absolute Gasteiger partial charge is 0.378 e. The number of anilines is 1. The summed E-state index contributed by atoms with van der Waals surface area (Å²) in [5.41, 5.74) is 8.25. The highest BCUT2D eigenvalue weighted by Gasteiger charge is 2.23. The van der Waals surface area contributed by atoms with Gasteiger partial charge in [-0.15, -0.1) is 0 Å². The summed E-state index contributed by atoms with van der Waals surface area (Å²) >= 11 is 0. The van der Waals surface area contributed by atoms with Gasteiger partial charge >= 0.3 is 0 Å². The fourth-order valence-corrected chi connectivity index (χ4v) is 4.19. The van der Waals surface area contributed by atoms with Crippen molar-refractivity contribution >= 4 is 34.1 Å². The van der Waals surface area contributed by atoms with Gasteiger partial charge in [-0.3, -0.25) is 23.4 Å². The van der Waals surface area contributed by atoms with E-state index >= 15 is 0 Å². The quantitative estimate of drug-likeness (QED) is 0.471. The Balaban J connectivity index is 1.98. The van der Waals surface area contributed by atoms with E-state index in [1.54, 1.807) is 31.6 Å². The minimum atomic E-state index is -0.763. The van der Waals surface area contributed by atoms with Gasteiger partial charge in [-0.2, -0.15) is 0 Å². The van der Waals surface area contributed by atoms with Crippen LogP contribution in [0, 0.1) is 12.7 Å². The third kappa shape index (κ3) is 3.66. The van der Waals surface area contributed by atoms with E-state index in [2.05, 4.69) is 10.3 Å². The van der Waals surface area contributed by atoms with Crippen LogP contribution in [-0.2, 0) is 7.05 Å². The van der Waals surface area contributed by atoms with Gasteiger partial charge in [-0.05, 0) is 49.2 Å². The average Bonchev–Trinajstić information content (AvgIpc) is 3.22. The highest BCUT2D eigenvalue weighted by atomic mass is 19.1. The van der Waals surface area contributed by atoms with Crippen molar-refractivity contribution < 1.29 is 14.0 Å². The fraction of sp³-hybridized carbons (Fsp3) is 0.250. The summed E-state index contributed by atoms with van der Waals surface area (Å²) in [6, 6.07) is 7.04. The Morgan fingerprint density at radius 2 is 1.91 bits per heavy atom. The first-order valence-corrected chi connectivity index (χ1v) is 10.6. The second kappa shape index (κ2) is 8.29. The molecule has 0 aliphatic carbocycles. The Labute approximate surface area is 194 Å². The van der Waals surface area contributed by atoms with Crippen LogP contribution >= 0.6 is 0 Å². The highest BCUT2D eigenvalue weighted by molar-refractivity contribution is 6.00. The summed E-state index contributed by atoms with van der Waals surface area (Å²) in [6.07, 6.45) is 1.52. The second-order valence-corrected chi connectivity index (χ2v) is 8.52. The number of carbonyl (C=O) groups is 2. The molecule has 0 aliphatic rings. The lowest BCUT2D eigenvalue weighted by molar-refractivity contribution is 0.0823. The number of nitrogens with zero attached hydrogens (tertiary/aromatic N) is 4. The SMILES string of the molecule is Cc1cc(C(C)Nc2ccc(F)cc2C(N)=O)c2c(c1)c(=O)n(C)c1c(C(=O)N(C)C)ncn21. The van der Waals surface area contributed by atoms with Crippen molar-refractivity contribution in [3.8, 4) is 0 Å². The molecule has 0 radical (unpaired) electrons. The van der Waals surface area contributed by atoms with Gasteiger partial charge in [0.25, 0.3) is 17.4 Å². The number of nitrogens with one attached hydrogen (secondary N) is 1. The molecule has 2 aromatic heterocycles. The smallest absolute Gasteiger partial charge is 0.275 e. The van der Waals surface area contributed by atoms with Gasteiger partial charge in [0.1, 0.15) is 12.1 Å². The number of rotatable bonds is 5. The van der Waals surface area contributed by atoms with Gasteiger partial charge in [0.05, 0.1) is 22.5 Å². The van der Waals surface area contributed by atoms with E-state index in [9.17, 15) is 18.8 Å². The van der Waals surface area contributed by atoms with Crippen LogP contribution in [0.15, 0.2) is 41.5 Å². The standard InChI is InChI=1S/C24H25FN6O3/c1-12-8-15(13(2)28-18-7-6-14(25)10-16(18)21(26)32)20-17(9-12)23(33)30(5)22-19(24(34)29(3)4)27-11-31(20)22/h6-11,13,28H,1-5H3,(H2,26,32). The molecule has 2 aromatic carbocycles. The maximum atomic E-state index is 13.7. The van der Waals surface area contributed by atoms with Crippen LogP contribution in [0.5, 0.6) is 0 Å². The van der Waals surface area contributed by atoms with Crippen molar-refractivity contribution in [1.82, 2.24) is 18.9 Å². The second-order valence-electron chi connectivity index (χ2n) is 8.52. The summed E-state index contributed by atoms with van der Waals surface area (Å²) in [7, 11) is 4.84. The zero-order chi connectivity index (χ0) is 24.9. The summed E-state index contributed by atoms with van der Waals surface area (Å²) in [5, 5.41) is 3.67. The number of nitrogens with two attached hydrogens (primary N) is 1. The lowest BCUT2D eigenvalue weighted by Gasteiger charge is -2.21. The summed E-state index contributed by atoms with van der Waals surface area (Å²) < 4.78 is 16.8. The predicted molar refractivity (Wildman–Crippen MR) is 128 cm³/mol. The number of aryl methyl sites for hydroxylation is 2. The topological polar surface area (TPSA) is 115 Å². The van der Waals surface area contributed by atoms with Crippen LogP contribution in [0.4, 0.5) is 10.1 Å². The van der Waals surface area contributed by atoms with Gasteiger partial charge in [0.15, 0.2) is 11.3 Å². The molecule has 34 heavy (non-hydrogen) atoms. The third-order valence-corrected chi connectivity index (χ3v) is 5.81. The Hall–Kier alpha value is -4.21. The van der Waals surface area contributed by atoms with E-state index in [4.69, 9.17) is 5.73 Å². The monoisotopic (exact) mass is 464 g/mol. The molecule has 2 amide bonds. The lowest BCUT2D eigenvalue weighted by atomic mass is 10.00. The van der Waals surface area contributed by atoms with Gasteiger partial charge < -0.3 is 16.0 Å². The van der Waals surface area contributed by atoms with Crippen molar-refractivity contribution in [2.45, 2.75) is 19.9 Å². The third-order valence-electron chi connectivity index (χ3n) is 5.81. The Morgan fingerprint density at radius 3 is 2.56 bits per heavy atom. The molecular weight excluding hydrogens is 439 g/mol. The van der Waals surface area contributed by atoms with E-state index in [-0.39, 0.29) is 22.7 Å². The molecule has 1 unspecified atom stereocenters. The molecule has 0 spiro atoms. The first kappa shape index (κ1) is 23.0. The molecule has 1 atom stereocenters. The zero-order valence-corrected chi connectivity index (χ0v) is 19.5. The highest BCUT2D eigenvalue weighted by Crippen LogP contribution is 2.30. The lowest BCUT2D eigenvalue weighted by Crippen LogP contribution is -2.26. The summed E-state index contributed by atoms with van der Waals surface area (Å²) in [4.78, 5) is 43.6. The number of halogens is 1. The van der Waals surface area contributed by atoms with Gasteiger partial charge in [-0.1, -0.05) is 6.07 Å². The normalized spacial score (nSPS) is 12.2. The molecular formula is C24H25FN6O3. The van der Waals surface area contributed by atoms with Crippen LogP contribution in [0.3, 0.4) is 0 Å². The van der Waals surface area contributed by atoms with Crippen LogP contribution in [0.2, 0.25) is 0 Å². The number of hydrogen-bond donors (Lipinski definition) is 2. The Kier molecular flexibility index (Phi) is 5.60. The number of benzene rings is 2. The molecule has 0 fully saturated rings. The maximum absolute atomic E-state index is 13.7. The van der Waals surface area contributed by atoms with Crippen molar-refractivity contribution in [3.05, 3.63) is 75.2 Å². The zero-order valence-electron chi connectivity index (χ0n) is 19.5. The minimum absolute atomic E-state index is 0.0198. The maximum Gasteiger partial charge on any atom is 0.275 e. The molecule has 176 valence electrons. The van der Waals surface area contributed by atoms with Crippen molar-refractivity contribution in [3.63, 3.8) is 0 Å². The van der Waals surface area contributed by atoms with Gasteiger partial charge in [0.2, 0.25) is 0 Å². The molecule has 4 rings (SSSR count). The minimum Gasteiger partial charge on any atom is -0.378 e. The number of imidazole rings is 1. The number of carbonyl (C=O) groups excluding carboxylic acids is 2. The average molecular weight is 465 g/mol. The fourth-order valence-electron chi connectivity index (χ4n) is 4.19.